The van der Waals surface area contributed by atoms with E-state index in [-0.39, 0.29) is 17.9 Å². The number of nitrogens with zero attached hydrogens (tertiary/aromatic N) is 3. The van der Waals surface area contributed by atoms with Gasteiger partial charge in [0.1, 0.15) is 0 Å². The van der Waals surface area contributed by atoms with Gasteiger partial charge in [-0.25, -0.2) is 0 Å². The molecule has 0 aromatic rings. The van der Waals surface area contributed by atoms with E-state index < -0.39 is 0 Å². The lowest BCUT2D eigenvalue weighted by molar-refractivity contribution is -0.139. The van der Waals surface area contributed by atoms with E-state index in [1.165, 1.54) is 19.3 Å². The summed E-state index contributed by atoms with van der Waals surface area (Å²) in [6, 6.07) is 0.999. The Bertz CT molecular complexity index is 489. The topological polar surface area (TPSA) is 43.9 Å². The number of hydrogen-bond acceptors (Lipinski definition) is 3. The van der Waals surface area contributed by atoms with Crippen molar-refractivity contribution in [3.63, 3.8) is 0 Å². The van der Waals surface area contributed by atoms with E-state index in [0.29, 0.717) is 18.1 Å². The van der Waals surface area contributed by atoms with Crippen LogP contribution < -0.4 is 0 Å². The van der Waals surface area contributed by atoms with E-state index in [4.69, 9.17) is 0 Å². The number of amides is 2. The molecule has 2 aliphatic heterocycles. The summed E-state index contributed by atoms with van der Waals surface area (Å²) in [5.41, 5.74) is 0. The molecule has 1 aliphatic carbocycles. The highest BCUT2D eigenvalue weighted by atomic mass is 16.2. The minimum Gasteiger partial charge on any atom is -0.341 e. The highest BCUT2D eigenvalue weighted by Gasteiger charge is 2.42. The first-order valence-electron chi connectivity index (χ1n) is 10.3. The van der Waals surface area contributed by atoms with Gasteiger partial charge in [0.15, 0.2) is 0 Å². The van der Waals surface area contributed by atoms with Crippen LogP contribution in [-0.4, -0.2) is 70.8 Å². The van der Waals surface area contributed by atoms with Crippen LogP contribution in [0, 0.1) is 0 Å². The number of rotatable bonds is 4. The maximum atomic E-state index is 13.1. The smallest absolute Gasteiger partial charge is 0.239 e. The molecular weight excluding hydrogens is 314 g/mol. The Morgan fingerprint density at radius 1 is 0.920 bits per heavy atom. The van der Waals surface area contributed by atoms with Gasteiger partial charge >= 0.3 is 0 Å². The lowest BCUT2D eigenvalue weighted by Gasteiger charge is -2.40. The van der Waals surface area contributed by atoms with Crippen molar-refractivity contribution >= 4 is 11.8 Å². The second-order valence-corrected chi connectivity index (χ2v) is 8.29. The number of carbonyl (C=O) groups excluding carboxylic acids is 2. The van der Waals surface area contributed by atoms with E-state index in [1.54, 1.807) is 6.92 Å². The number of hydrogen-bond donors (Lipinski definition) is 0. The summed E-state index contributed by atoms with van der Waals surface area (Å²) in [4.78, 5) is 31.5. The molecule has 2 amide bonds. The lowest BCUT2D eigenvalue weighted by atomic mass is 9.94. The molecule has 142 valence electrons. The summed E-state index contributed by atoms with van der Waals surface area (Å²) >= 11 is 0. The zero-order valence-electron chi connectivity index (χ0n) is 16.2. The summed E-state index contributed by atoms with van der Waals surface area (Å²) in [6.07, 6.45) is 10.5. The summed E-state index contributed by atoms with van der Waals surface area (Å²) in [7, 11) is 2.00. The highest BCUT2D eigenvalue weighted by molar-refractivity contribution is 5.81. The molecule has 0 N–H and O–H groups in total. The lowest BCUT2D eigenvalue weighted by Crippen LogP contribution is -2.55. The first kappa shape index (κ1) is 18.7. The second kappa shape index (κ2) is 8.07. The Hall–Kier alpha value is -1.10. The van der Waals surface area contributed by atoms with Crippen molar-refractivity contribution in [3.05, 3.63) is 0 Å². The van der Waals surface area contributed by atoms with E-state index in [1.807, 2.05) is 16.8 Å². The van der Waals surface area contributed by atoms with Gasteiger partial charge in [0, 0.05) is 38.6 Å². The van der Waals surface area contributed by atoms with Crippen molar-refractivity contribution in [2.24, 2.45) is 0 Å². The predicted molar refractivity (Wildman–Crippen MR) is 99.2 cm³/mol. The summed E-state index contributed by atoms with van der Waals surface area (Å²) in [5, 5.41) is 0. The molecular formula is C20H35N3O2. The fraction of sp³-hybridized carbons (Fsp3) is 0.900. The van der Waals surface area contributed by atoms with Crippen LogP contribution in [0.5, 0.6) is 0 Å². The zero-order chi connectivity index (χ0) is 18.0. The fourth-order valence-corrected chi connectivity index (χ4v) is 5.38. The Morgan fingerprint density at radius 2 is 1.56 bits per heavy atom. The van der Waals surface area contributed by atoms with Gasteiger partial charge in [-0.05, 0) is 52.0 Å². The van der Waals surface area contributed by atoms with Crippen LogP contribution in [0.3, 0.4) is 0 Å². The predicted octanol–water partition coefficient (Wildman–Crippen LogP) is 2.64. The van der Waals surface area contributed by atoms with Crippen molar-refractivity contribution in [2.75, 3.05) is 20.1 Å². The van der Waals surface area contributed by atoms with Gasteiger partial charge in [-0.2, -0.15) is 0 Å². The van der Waals surface area contributed by atoms with Crippen LogP contribution in [0.2, 0.25) is 0 Å². The van der Waals surface area contributed by atoms with Crippen LogP contribution in [0.15, 0.2) is 0 Å². The van der Waals surface area contributed by atoms with Gasteiger partial charge < -0.3 is 9.80 Å². The molecule has 0 unspecified atom stereocenters. The van der Waals surface area contributed by atoms with Crippen LogP contribution in [-0.2, 0) is 9.59 Å². The third-order valence-corrected chi connectivity index (χ3v) is 6.81. The molecule has 0 aromatic heterocycles. The van der Waals surface area contributed by atoms with Gasteiger partial charge in [0.25, 0.3) is 0 Å². The normalized spacial score (nSPS) is 29.8. The summed E-state index contributed by atoms with van der Waals surface area (Å²) < 4.78 is 0. The Labute approximate surface area is 152 Å². The van der Waals surface area contributed by atoms with Crippen molar-refractivity contribution < 1.29 is 9.59 Å². The van der Waals surface area contributed by atoms with E-state index in [9.17, 15) is 9.59 Å². The van der Waals surface area contributed by atoms with Gasteiger partial charge in [-0.15, -0.1) is 0 Å². The quantitative estimate of drug-likeness (QED) is 0.784. The second-order valence-electron chi connectivity index (χ2n) is 8.29. The van der Waals surface area contributed by atoms with Crippen LogP contribution in [0.1, 0.15) is 71.6 Å². The molecule has 25 heavy (non-hydrogen) atoms. The molecule has 3 rings (SSSR count). The zero-order valence-corrected chi connectivity index (χ0v) is 16.2. The molecule has 3 aliphatic rings. The summed E-state index contributed by atoms with van der Waals surface area (Å²) in [5.74, 6) is 0.457. The highest BCUT2D eigenvalue weighted by Crippen LogP contribution is 2.32. The number of likely N-dealkylation sites (tertiary alicyclic amines) is 2. The standard InChI is InChI=1S/C20H35N3O2/c1-15(20(25)21(3)17-9-5-4-6-10-17)22-13-7-11-18(22)19-12-8-14-23(19)16(2)24/h15,17-19H,4-14H2,1-3H3/t15-,18-,19-/m1/s1. The first-order chi connectivity index (χ1) is 12.0. The molecule has 3 fully saturated rings. The van der Waals surface area contributed by atoms with Gasteiger partial charge in [-0.3, -0.25) is 14.5 Å². The molecule has 0 spiro atoms. The van der Waals surface area contributed by atoms with Crippen molar-refractivity contribution in [3.8, 4) is 0 Å². The van der Waals surface area contributed by atoms with Gasteiger partial charge in [0.2, 0.25) is 11.8 Å². The Balaban J connectivity index is 1.66. The monoisotopic (exact) mass is 349 g/mol. The number of carbonyl (C=O) groups is 2. The van der Waals surface area contributed by atoms with Crippen molar-refractivity contribution in [1.29, 1.82) is 0 Å². The summed E-state index contributed by atoms with van der Waals surface area (Å²) in [6.45, 7) is 5.63. The SMILES string of the molecule is CC(=O)N1CCC[C@@H]1[C@H]1CCCN1[C@H](C)C(=O)N(C)C1CCCCC1. The number of likely N-dealkylation sites (N-methyl/N-ethyl adjacent to an activating group) is 1. The molecule has 1 saturated carbocycles. The largest absolute Gasteiger partial charge is 0.341 e. The van der Waals surface area contributed by atoms with Gasteiger partial charge in [-0.1, -0.05) is 19.3 Å². The molecule has 3 atom stereocenters. The molecule has 5 nitrogen and oxygen atoms in total. The van der Waals surface area contributed by atoms with E-state index >= 15 is 0 Å². The molecule has 5 heteroatoms. The molecule has 2 saturated heterocycles. The maximum absolute atomic E-state index is 13.1. The Morgan fingerprint density at radius 3 is 2.24 bits per heavy atom. The average molecular weight is 350 g/mol. The maximum Gasteiger partial charge on any atom is 0.239 e. The molecule has 2 heterocycles. The van der Waals surface area contributed by atoms with Crippen LogP contribution in [0.25, 0.3) is 0 Å². The molecule has 0 bridgehead atoms. The Kier molecular flexibility index (Phi) is 6.03. The third-order valence-electron chi connectivity index (χ3n) is 6.81. The fourth-order valence-electron chi connectivity index (χ4n) is 5.38. The van der Waals surface area contributed by atoms with Crippen LogP contribution in [0.4, 0.5) is 0 Å². The van der Waals surface area contributed by atoms with Crippen molar-refractivity contribution in [1.82, 2.24) is 14.7 Å². The minimum atomic E-state index is -0.0752. The average Bonchev–Trinajstić information content (AvgIpc) is 3.29. The van der Waals surface area contributed by atoms with E-state index in [2.05, 4.69) is 11.8 Å². The third kappa shape index (κ3) is 3.86. The minimum absolute atomic E-state index is 0.0752. The molecule has 0 radical (unpaired) electrons. The molecule has 0 aromatic carbocycles. The first-order valence-corrected chi connectivity index (χ1v) is 10.3. The van der Waals surface area contributed by atoms with Crippen LogP contribution >= 0.6 is 0 Å². The van der Waals surface area contributed by atoms with Gasteiger partial charge in [0.05, 0.1) is 6.04 Å². The van der Waals surface area contributed by atoms with E-state index in [0.717, 1.165) is 51.6 Å². The van der Waals surface area contributed by atoms with Crippen molar-refractivity contribution in [2.45, 2.75) is 95.8 Å².